The molecule has 4 nitrogen and oxygen atoms in total. The van der Waals surface area contributed by atoms with Crippen molar-refractivity contribution >= 4 is 11.7 Å². The van der Waals surface area contributed by atoms with Gasteiger partial charge >= 0.3 is 6.03 Å². The van der Waals surface area contributed by atoms with Crippen LogP contribution in [0, 0.1) is 5.92 Å². The van der Waals surface area contributed by atoms with Crippen molar-refractivity contribution in [1.29, 1.82) is 0 Å². The minimum absolute atomic E-state index is 0.0110. The quantitative estimate of drug-likeness (QED) is 0.805. The van der Waals surface area contributed by atoms with Crippen molar-refractivity contribution in [3.05, 3.63) is 29.8 Å². The van der Waals surface area contributed by atoms with Crippen molar-refractivity contribution in [2.24, 2.45) is 5.92 Å². The highest BCUT2D eigenvalue weighted by molar-refractivity contribution is 5.89. The van der Waals surface area contributed by atoms with Crippen molar-refractivity contribution < 1.29 is 4.79 Å². The molecule has 0 spiro atoms. The Kier molecular flexibility index (Phi) is 5.62. The summed E-state index contributed by atoms with van der Waals surface area (Å²) in [4.78, 5) is 14.1. The third-order valence-corrected chi connectivity index (χ3v) is 4.02. The Morgan fingerprint density at radius 1 is 1.29 bits per heavy atom. The molecule has 4 heteroatoms. The molecule has 0 bridgehead atoms. The molecule has 0 saturated heterocycles. The lowest BCUT2D eigenvalue weighted by atomic mass is 10.1. The van der Waals surface area contributed by atoms with E-state index in [1.165, 1.54) is 18.4 Å². The first-order valence-electron chi connectivity index (χ1n) is 8.03. The topological polar surface area (TPSA) is 44.4 Å². The van der Waals surface area contributed by atoms with Crippen LogP contribution in [-0.2, 0) is 0 Å². The molecule has 1 aliphatic rings. The second-order valence-electron chi connectivity index (χ2n) is 5.81. The van der Waals surface area contributed by atoms with Crippen LogP contribution in [0.25, 0.3) is 0 Å². The van der Waals surface area contributed by atoms with Crippen molar-refractivity contribution in [3.63, 3.8) is 0 Å². The van der Waals surface area contributed by atoms with Crippen LogP contribution in [0.3, 0.4) is 0 Å². The number of carbonyl (C=O) groups is 1. The first-order valence-corrected chi connectivity index (χ1v) is 8.03. The van der Waals surface area contributed by atoms with Gasteiger partial charge in [-0.15, -0.1) is 0 Å². The van der Waals surface area contributed by atoms with Gasteiger partial charge in [0.2, 0.25) is 0 Å². The lowest BCUT2D eigenvalue weighted by Gasteiger charge is -2.21. The summed E-state index contributed by atoms with van der Waals surface area (Å²) in [5, 5.41) is 6.37. The molecule has 2 N–H and O–H groups in total. The maximum atomic E-state index is 12.2. The highest BCUT2D eigenvalue weighted by Gasteiger charge is 2.25. The third kappa shape index (κ3) is 4.74. The molecular formula is C17H27N3O. The van der Waals surface area contributed by atoms with Crippen LogP contribution in [0.2, 0.25) is 0 Å². The number of amides is 2. The van der Waals surface area contributed by atoms with Crippen molar-refractivity contribution in [2.45, 2.75) is 39.7 Å². The number of anilines is 1. The van der Waals surface area contributed by atoms with Gasteiger partial charge in [-0.05, 0) is 56.8 Å². The highest BCUT2D eigenvalue weighted by atomic mass is 16.2. The summed E-state index contributed by atoms with van der Waals surface area (Å²) in [5.41, 5.74) is 2.10. The second kappa shape index (κ2) is 7.46. The lowest BCUT2D eigenvalue weighted by molar-refractivity contribution is 0.212. The number of hydrogen-bond donors (Lipinski definition) is 2. The molecule has 116 valence electrons. The van der Waals surface area contributed by atoms with Crippen LogP contribution < -0.4 is 10.6 Å². The average Bonchev–Trinajstić information content (AvgIpc) is 3.29. The van der Waals surface area contributed by atoms with Crippen LogP contribution in [0.4, 0.5) is 10.5 Å². The Morgan fingerprint density at radius 3 is 2.48 bits per heavy atom. The summed E-state index contributed by atoms with van der Waals surface area (Å²) in [6, 6.07) is 8.44. The standard InChI is InChI=1S/C17H27N3O/c1-4-18-13(3)15-8-10-16(11-9-15)19-17(21)20(5-2)12-14-6-7-14/h8-11,13-14,18H,4-7,12H2,1-3H3,(H,19,21). The Hall–Kier alpha value is -1.55. The van der Waals surface area contributed by atoms with Crippen LogP contribution in [0.5, 0.6) is 0 Å². The normalized spacial score (nSPS) is 15.6. The average molecular weight is 289 g/mol. The fourth-order valence-electron chi connectivity index (χ4n) is 2.45. The van der Waals surface area contributed by atoms with Crippen LogP contribution in [0.15, 0.2) is 24.3 Å². The molecule has 1 unspecified atom stereocenters. The molecule has 1 aliphatic carbocycles. The number of urea groups is 1. The van der Waals surface area contributed by atoms with Crippen LogP contribution in [-0.4, -0.2) is 30.6 Å². The number of nitrogens with one attached hydrogen (secondary N) is 2. The highest BCUT2D eigenvalue weighted by Crippen LogP contribution is 2.29. The molecule has 0 aromatic heterocycles. The van der Waals surface area contributed by atoms with Gasteiger partial charge in [0.25, 0.3) is 0 Å². The van der Waals surface area contributed by atoms with Gasteiger partial charge in [-0.3, -0.25) is 0 Å². The Labute approximate surface area is 127 Å². The molecule has 1 aromatic rings. The summed E-state index contributed by atoms with van der Waals surface area (Å²) in [6.45, 7) is 8.88. The fourth-order valence-corrected chi connectivity index (χ4v) is 2.45. The van der Waals surface area contributed by atoms with E-state index in [1.807, 2.05) is 24.0 Å². The molecule has 1 atom stereocenters. The molecule has 2 rings (SSSR count). The van der Waals surface area contributed by atoms with Gasteiger partial charge in [-0.1, -0.05) is 19.1 Å². The Balaban J connectivity index is 1.90. The van der Waals surface area contributed by atoms with Gasteiger partial charge in [-0.2, -0.15) is 0 Å². The van der Waals surface area contributed by atoms with Gasteiger partial charge in [0, 0.05) is 24.8 Å². The number of carbonyl (C=O) groups excluding carboxylic acids is 1. The van der Waals surface area contributed by atoms with E-state index < -0.39 is 0 Å². The van der Waals surface area contributed by atoms with Gasteiger partial charge in [0.1, 0.15) is 0 Å². The molecule has 1 fully saturated rings. The van der Waals surface area contributed by atoms with Crippen molar-refractivity contribution in [1.82, 2.24) is 10.2 Å². The van der Waals surface area contributed by atoms with E-state index in [-0.39, 0.29) is 6.03 Å². The van der Waals surface area contributed by atoms with Gasteiger partial charge in [0.05, 0.1) is 0 Å². The van der Waals surface area contributed by atoms with Crippen LogP contribution >= 0.6 is 0 Å². The summed E-state index contributed by atoms with van der Waals surface area (Å²) in [5.74, 6) is 0.721. The number of benzene rings is 1. The maximum Gasteiger partial charge on any atom is 0.321 e. The molecule has 21 heavy (non-hydrogen) atoms. The molecular weight excluding hydrogens is 262 g/mol. The molecule has 0 aliphatic heterocycles. The first-order chi connectivity index (χ1) is 10.1. The SMILES string of the molecule is CCNC(C)c1ccc(NC(=O)N(CC)CC2CC2)cc1. The Morgan fingerprint density at radius 2 is 1.95 bits per heavy atom. The zero-order valence-electron chi connectivity index (χ0n) is 13.4. The number of hydrogen-bond acceptors (Lipinski definition) is 2. The molecule has 0 heterocycles. The summed E-state index contributed by atoms with van der Waals surface area (Å²) >= 11 is 0. The second-order valence-corrected chi connectivity index (χ2v) is 5.81. The monoisotopic (exact) mass is 289 g/mol. The van der Waals surface area contributed by atoms with E-state index in [4.69, 9.17) is 0 Å². The van der Waals surface area contributed by atoms with E-state index in [0.717, 1.165) is 31.2 Å². The molecule has 0 radical (unpaired) electrons. The van der Waals surface area contributed by atoms with E-state index in [0.29, 0.717) is 6.04 Å². The van der Waals surface area contributed by atoms with Crippen LogP contribution in [0.1, 0.15) is 45.2 Å². The molecule has 1 aromatic carbocycles. The first kappa shape index (κ1) is 15.8. The van der Waals surface area contributed by atoms with Gasteiger partial charge in [-0.25, -0.2) is 4.79 Å². The minimum atomic E-state index is 0.0110. The number of rotatable bonds is 7. The summed E-state index contributed by atoms with van der Waals surface area (Å²) in [6.07, 6.45) is 2.53. The van der Waals surface area contributed by atoms with Gasteiger partial charge < -0.3 is 15.5 Å². The van der Waals surface area contributed by atoms with Crippen molar-refractivity contribution in [3.8, 4) is 0 Å². The fraction of sp³-hybridized carbons (Fsp3) is 0.588. The van der Waals surface area contributed by atoms with E-state index in [2.05, 4.69) is 36.6 Å². The van der Waals surface area contributed by atoms with E-state index in [9.17, 15) is 4.79 Å². The zero-order valence-corrected chi connectivity index (χ0v) is 13.4. The van der Waals surface area contributed by atoms with E-state index in [1.54, 1.807) is 0 Å². The minimum Gasteiger partial charge on any atom is -0.325 e. The maximum absolute atomic E-state index is 12.2. The summed E-state index contributed by atoms with van der Waals surface area (Å²) in [7, 11) is 0. The largest absolute Gasteiger partial charge is 0.325 e. The lowest BCUT2D eigenvalue weighted by Crippen LogP contribution is -2.36. The number of nitrogens with zero attached hydrogens (tertiary/aromatic N) is 1. The van der Waals surface area contributed by atoms with E-state index >= 15 is 0 Å². The van der Waals surface area contributed by atoms with Crippen molar-refractivity contribution in [2.75, 3.05) is 25.0 Å². The molecule has 1 saturated carbocycles. The molecule has 2 amide bonds. The predicted molar refractivity (Wildman–Crippen MR) is 87.5 cm³/mol. The predicted octanol–water partition coefficient (Wildman–Crippen LogP) is 3.62. The Bertz CT molecular complexity index is 454. The third-order valence-electron chi connectivity index (χ3n) is 4.02. The summed E-state index contributed by atoms with van der Waals surface area (Å²) < 4.78 is 0. The zero-order chi connectivity index (χ0) is 15.2. The smallest absolute Gasteiger partial charge is 0.321 e. The van der Waals surface area contributed by atoms with Gasteiger partial charge in [0.15, 0.2) is 0 Å².